The Morgan fingerprint density at radius 2 is 1.68 bits per heavy atom. The van der Waals surface area contributed by atoms with E-state index >= 15 is 0 Å². The average Bonchev–Trinajstić information content (AvgIpc) is 3.46. The van der Waals surface area contributed by atoms with Crippen molar-refractivity contribution >= 4 is 18.0 Å². The molecule has 0 spiro atoms. The third-order valence-electron chi connectivity index (χ3n) is 7.17. The van der Waals surface area contributed by atoms with E-state index in [0.717, 1.165) is 11.1 Å². The van der Waals surface area contributed by atoms with Crippen LogP contribution in [0.2, 0.25) is 0 Å². The lowest BCUT2D eigenvalue weighted by molar-refractivity contribution is -0.141. The summed E-state index contributed by atoms with van der Waals surface area (Å²) in [6, 6.07) is 16.1. The first-order chi connectivity index (χ1) is 16.5. The van der Waals surface area contributed by atoms with E-state index in [-0.39, 0.29) is 36.9 Å². The van der Waals surface area contributed by atoms with Gasteiger partial charge in [-0.1, -0.05) is 60.7 Å². The van der Waals surface area contributed by atoms with E-state index in [0.29, 0.717) is 25.8 Å². The molecule has 0 aromatic heterocycles. The molecule has 5 rings (SSSR count). The third kappa shape index (κ3) is 4.30. The Kier molecular flexibility index (Phi) is 6.09. The molecule has 2 aliphatic carbocycles. The van der Waals surface area contributed by atoms with Crippen LogP contribution < -0.4 is 5.32 Å². The maximum Gasteiger partial charge on any atom is 0.407 e. The second-order valence-corrected chi connectivity index (χ2v) is 9.28. The smallest absolute Gasteiger partial charge is 0.407 e. The van der Waals surface area contributed by atoms with E-state index in [1.54, 1.807) is 4.90 Å². The van der Waals surface area contributed by atoms with Crippen molar-refractivity contribution in [2.75, 3.05) is 19.7 Å². The molecule has 7 nitrogen and oxygen atoms in total. The van der Waals surface area contributed by atoms with Crippen molar-refractivity contribution in [3.63, 3.8) is 0 Å². The maximum atomic E-state index is 12.9. The molecular formula is C27H28N2O5. The van der Waals surface area contributed by atoms with Crippen LogP contribution in [0.4, 0.5) is 4.79 Å². The van der Waals surface area contributed by atoms with Gasteiger partial charge in [0.15, 0.2) is 0 Å². The molecule has 0 bridgehead atoms. The Hall–Kier alpha value is -3.61. The minimum atomic E-state index is -0.853. The van der Waals surface area contributed by atoms with Gasteiger partial charge in [-0.05, 0) is 41.5 Å². The highest BCUT2D eigenvalue weighted by molar-refractivity contribution is 5.81. The lowest BCUT2D eigenvalue weighted by Crippen LogP contribution is -2.42. The number of alkyl carbamates (subject to hydrolysis) is 1. The SMILES string of the molecule is O=C(NC1C=CCC(C(=O)N2CCC(C(=O)O)C2)C1)OCC1c2ccccc2-c2ccccc21. The van der Waals surface area contributed by atoms with Crippen molar-refractivity contribution < 1.29 is 24.2 Å². The van der Waals surface area contributed by atoms with E-state index in [9.17, 15) is 19.5 Å². The number of nitrogens with zero attached hydrogens (tertiary/aromatic N) is 1. The van der Waals surface area contributed by atoms with Gasteiger partial charge in [0, 0.05) is 24.9 Å². The van der Waals surface area contributed by atoms with Crippen molar-refractivity contribution in [2.45, 2.75) is 31.2 Å². The maximum absolute atomic E-state index is 12.9. The number of allylic oxidation sites excluding steroid dienone is 1. The number of aliphatic carboxylic acids is 1. The Balaban J connectivity index is 1.17. The van der Waals surface area contributed by atoms with Crippen molar-refractivity contribution in [2.24, 2.45) is 11.8 Å². The zero-order valence-electron chi connectivity index (χ0n) is 18.9. The molecule has 2 aromatic rings. The number of hydrogen-bond acceptors (Lipinski definition) is 4. The van der Waals surface area contributed by atoms with Gasteiger partial charge in [-0.25, -0.2) is 4.79 Å². The molecule has 3 aliphatic rings. The largest absolute Gasteiger partial charge is 0.481 e. The lowest BCUT2D eigenvalue weighted by Gasteiger charge is -2.28. The predicted molar refractivity (Wildman–Crippen MR) is 126 cm³/mol. The molecule has 0 radical (unpaired) electrons. The minimum absolute atomic E-state index is 0.00766. The van der Waals surface area contributed by atoms with Gasteiger partial charge in [0.2, 0.25) is 5.91 Å². The van der Waals surface area contributed by atoms with Crippen LogP contribution >= 0.6 is 0 Å². The number of nitrogens with one attached hydrogen (secondary N) is 1. The molecule has 3 atom stereocenters. The standard InChI is InChI=1S/C27H28N2O5/c30-25(29-13-12-18(15-29)26(31)32)17-6-5-7-19(14-17)28-27(33)34-16-24-22-10-3-1-8-20(22)21-9-2-4-11-23(21)24/h1-5,7-11,17-19,24H,6,12-16H2,(H,28,33)(H,31,32). The van der Waals surface area contributed by atoms with E-state index in [1.807, 2.05) is 36.4 Å². The van der Waals surface area contributed by atoms with Crippen molar-refractivity contribution in [3.05, 3.63) is 71.8 Å². The van der Waals surface area contributed by atoms with Crippen LogP contribution in [-0.2, 0) is 14.3 Å². The quantitative estimate of drug-likeness (QED) is 0.662. The average molecular weight is 461 g/mol. The number of carbonyl (C=O) groups is 3. The second kappa shape index (κ2) is 9.33. The topological polar surface area (TPSA) is 95.9 Å². The normalized spacial score (nSPS) is 23.3. The summed E-state index contributed by atoms with van der Waals surface area (Å²) < 4.78 is 5.63. The van der Waals surface area contributed by atoms with Gasteiger partial charge in [-0.3, -0.25) is 9.59 Å². The molecule has 1 saturated heterocycles. The molecule has 2 amide bonds. The van der Waals surface area contributed by atoms with Gasteiger partial charge in [-0.15, -0.1) is 0 Å². The highest BCUT2D eigenvalue weighted by Crippen LogP contribution is 2.44. The van der Waals surface area contributed by atoms with Gasteiger partial charge in [-0.2, -0.15) is 0 Å². The van der Waals surface area contributed by atoms with Crippen LogP contribution in [0, 0.1) is 11.8 Å². The van der Waals surface area contributed by atoms with Crippen molar-refractivity contribution in [1.29, 1.82) is 0 Å². The molecule has 2 aromatic carbocycles. The molecule has 34 heavy (non-hydrogen) atoms. The number of benzene rings is 2. The van der Waals surface area contributed by atoms with Gasteiger partial charge in [0.05, 0.1) is 12.0 Å². The molecule has 1 heterocycles. The number of amides is 2. The minimum Gasteiger partial charge on any atom is -0.481 e. The first kappa shape index (κ1) is 22.2. The van der Waals surface area contributed by atoms with Crippen LogP contribution in [-0.4, -0.2) is 53.7 Å². The monoisotopic (exact) mass is 460 g/mol. The van der Waals surface area contributed by atoms with Crippen LogP contribution in [0.25, 0.3) is 11.1 Å². The van der Waals surface area contributed by atoms with E-state index in [4.69, 9.17) is 4.74 Å². The molecule has 1 aliphatic heterocycles. The van der Waals surface area contributed by atoms with E-state index in [1.165, 1.54) is 11.1 Å². The molecule has 2 N–H and O–H groups in total. The summed E-state index contributed by atoms with van der Waals surface area (Å²) in [5.74, 6) is -1.65. The number of ether oxygens (including phenoxy) is 1. The summed E-state index contributed by atoms with van der Waals surface area (Å²) in [5, 5.41) is 12.1. The number of rotatable bonds is 5. The first-order valence-corrected chi connectivity index (χ1v) is 11.8. The fraction of sp³-hybridized carbons (Fsp3) is 0.370. The summed E-state index contributed by atoms with van der Waals surface area (Å²) >= 11 is 0. The lowest BCUT2D eigenvalue weighted by atomic mass is 9.90. The highest BCUT2D eigenvalue weighted by atomic mass is 16.5. The summed E-state index contributed by atoms with van der Waals surface area (Å²) in [6.07, 6.45) is 4.87. The molecule has 7 heteroatoms. The Morgan fingerprint density at radius 3 is 2.32 bits per heavy atom. The fourth-order valence-electron chi connectivity index (χ4n) is 5.41. The predicted octanol–water partition coefficient (Wildman–Crippen LogP) is 3.79. The van der Waals surface area contributed by atoms with Gasteiger partial charge >= 0.3 is 12.1 Å². The fourth-order valence-corrected chi connectivity index (χ4v) is 5.41. The third-order valence-corrected chi connectivity index (χ3v) is 7.17. The van der Waals surface area contributed by atoms with Gasteiger partial charge in [0.25, 0.3) is 0 Å². The zero-order chi connectivity index (χ0) is 23.7. The first-order valence-electron chi connectivity index (χ1n) is 11.8. The molecule has 176 valence electrons. The van der Waals surface area contributed by atoms with Crippen LogP contribution in [0.5, 0.6) is 0 Å². The summed E-state index contributed by atoms with van der Waals surface area (Å²) in [4.78, 5) is 38.4. The highest BCUT2D eigenvalue weighted by Gasteiger charge is 2.35. The Morgan fingerprint density at radius 1 is 1.00 bits per heavy atom. The van der Waals surface area contributed by atoms with Crippen LogP contribution in [0.3, 0.4) is 0 Å². The molecule has 1 fully saturated rings. The van der Waals surface area contributed by atoms with E-state index in [2.05, 4.69) is 29.6 Å². The molecule has 3 unspecified atom stereocenters. The van der Waals surface area contributed by atoms with Gasteiger partial charge < -0.3 is 20.1 Å². The summed E-state index contributed by atoms with van der Waals surface area (Å²) in [7, 11) is 0. The Bertz CT molecular complexity index is 1100. The van der Waals surface area contributed by atoms with Crippen LogP contribution in [0.1, 0.15) is 36.3 Å². The Labute approximate surface area is 198 Å². The van der Waals surface area contributed by atoms with Crippen LogP contribution in [0.15, 0.2) is 60.7 Å². The molecular weight excluding hydrogens is 432 g/mol. The second-order valence-electron chi connectivity index (χ2n) is 9.28. The number of likely N-dealkylation sites (tertiary alicyclic amines) is 1. The number of carbonyl (C=O) groups excluding carboxylic acids is 2. The van der Waals surface area contributed by atoms with Crippen molar-refractivity contribution in [3.8, 4) is 11.1 Å². The molecule has 0 saturated carbocycles. The number of fused-ring (bicyclic) bond motifs is 3. The zero-order valence-corrected chi connectivity index (χ0v) is 18.9. The number of carboxylic acids is 1. The number of carboxylic acid groups (broad SMARTS) is 1. The summed E-state index contributed by atoms with van der Waals surface area (Å²) in [6.45, 7) is 0.975. The summed E-state index contributed by atoms with van der Waals surface area (Å²) in [5.41, 5.74) is 4.67. The van der Waals surface area contributed by atoms with Gasteiger partial charge in [0.1, 0.15) is 6.61 Å². The van der Waals surface area contributed by atoms with E-state index < -0.39 is 18.0 Å². The number of hydrogen-bond donors (Lipinski definition) is 2. The van der Waals surface area contributed by atoms with Crippen molar-refractivity contribution in [1.82, 2.24) is 10.2 Å².